The molecule has 0 saturated heterocycles. The van der Waals surface area contributed by atoms with Crippen LogP contribution in [0.15, 0.2) is 29.3 Å². The molecule has 1 aromatic rings. The Bertz CT molecular complexity index is 832. The third-order valence-electron chi connectivity index (χ3n) is 3.21. The van der Waals surface area contributed by atoms with Gasteiger partial charge in [-0.15, -0.1) is 0 Å². The fraction of sp³-hybridized carbons (Fsp3) is 0.476. The van der Waals surface area contributed by atoms with Crippen LogP contribution in [0.2, 0.25) is 0 Å². The highest BCUT2D eigenvalue weighted by atomic mass is 16.6. The summed E-state index contributed by atoms with van der Waals surface area (Å²) in [5.41, 5.74) is -1.07. The molecule has 0 fully saturated rings. The summed E-state index contributed by atoms with van der Waals surface area (Å²) in [6.45, 7) is 10.1. The van der Waals surface area contributed by atoms with E-state index in [1.54, 1.807) is 53.7 Å². The van der Waals surface area contributed by atoms with Crippen molar-refractivity contribution in [2.75, 3.05) is 0 Å². The summed E-state index contributed by atoms with van der Waals surface area (Å²) in [7, 11) is 0. The molecule has 1 aromatic carbocycles. The monoisotopic (exact) mass is 435 g/mol. The highest BCUT2D eigenvalue weighted by molar-refractivity contribution is 6.03. The number of ether oxygens (including phenoxy) is 2. The summed E-state index contributed by atoms with van der Waals surface area (Å²) in [4.78, 5) is 51.3. The Labute approximate surface area is 181 Å². The number of aliphatic carboxylic acids is 1. The summed E-state index contributed by atoms with van der Waals surface area (Å²) < 4.78 is 10.3. The maximum atomic E-state index is 12.2. The lowest BCUT2D eigenvalue weighted by Gasteiger charge is -2.22. The number of rotatable bonds is 5. The van der Waals surface area contributed by atoms with Gasteiger partial charge in [0, 0.05) is 12.0 Å². The van der Waals surface area contributed by atoms with Crippen LogP contribution in [0.5, 0.6) is 0 Å². The molecule has 1 rings (SSSR count). The van der Waals surface area contributed by atoms with Gasteiger partial charge in [0.2, 0.25) is 5.96 Å². The van der Waals surface area contributed by atoms with Crippen molar-refractivity contribution in [3.63, 3.8) is 0 Å². The number of nitrogens with zero attached hydrogens (tertiary/aromatic N) is 1. The van der Waals surface area contributed by atoms with Crippen molar-refractivity contribution >= 4 is 35.6 Å². The van der Waals surface area contributed by atoms with Crippen LogP contribution in [0.3, 0.4) is 0 Å². The number of aliphatic imine (C=N–C) groups is 1. The van der Waals surface area contributed by atoms with E-state index >= 15 is 0 Å². The molecule has 2 amide bonds. The zero-order valence-electron chi connectivity index (χ0n) is 18.6. The van der Waals surface area contributed by atoms with Gasteiger partial charge >= 0.3 is 18.2 Å². The second-order valence-electron chi connectivity index (χ2n) is 8.58. The number of amides is 2. The predicted octanol–water partition coefficient (Wildman–Crippen LogP) is 3.77. The first-order valence-electron chi connectivity index (χ1n) is 9.58. The van der Waals surface area contributed by atoms with Crippen molar-refractivity contribution < 1.29 is 33.8 Å². The molecule has 0 heterocycles. The van der Waals surface area contributed by atoms with E-state index in [1.807, 2.05) is 0 Å². The molecule has 0 aliphatic carbocycles. The minimum atomic E-state index is -1.08. The Balaban J connectivity index is 3.11. The normalized spacial score (nSPS) is 11.2. The van der Waals surface area contributed by atoms with Crippen LogP contribution in [0, 0.1) is 0 Å². The molecular weight excluding hydrogens is 406 g/mol. The second kappa shape index (κ2) is 10.6. The van der Waals surface area contributed by atoms with E-state index in [0.29, 0.717) is 0 Å². The Morgan fingerprint density at radius 1 is 0.903 bits per heavy atom. The number of hydrogen-bond donors (Lipinski definition) is 3. The van der Waals surface area contributed by atoms with Crippen LogP contribution in [-0.4, -0.2) is 46.2 Å². The number of benzene rings is 1. The minimum Gasteiger partial charge on any atom is -0.481 e. The van der Waals surface area contributed by atoms with Crippen LogP contribution < -0.4 is 10.6 Å². The summed E-state index contributed by atoms with van der Waals surface area (Å²) >= 11 is 0. The number of ketones is 1. The lowest BCUT2D eigenvalue weighted by molar-refractivity contribution is -0.136. The first kappa shape index (κ1) is 25.6. The van der Waals surface area contributed by atoms with E-state index in [1.165, 1.54) is 12.1 Å². The van der Waals surface area contributed by atoms with Crippen molar-refractivity contribution in [3.8, 4) is 0 Å². The quantitative estimate of drug-likeness (QED) is 0.363. The lowest BCUT2D eigenvalue weighted by Crippen LogP contribution is -2.47. The molecule has 0 saturated carbocycles. The molecule has 0 radical (unpaired) electrons. The molecule has 0 atom stereocenters. The topological polar surface area (TPSA) is 143 Å². The third-order valence-corrected chi connectivity index (χ3v) is 3.21. The SMILES string of the molecule is CC(C)(C)OC(=O)NC(=Nc1cccc(C(=O)CCC(=O)O)c1)NC(=O)OC(C)(C)C. The van der Waals surface area contributed by atoms with Crippen LogP contribution >= 0.6 is 0 Å². The number of carbonyl (C=O) groups is 4. The Hall–Kier alpha value is -3.43. The average molecular weight is 435 g/mol. The molecule has 0 aliphatic heterocycles. The molecule has 31 heavy (non-hydrogen) atoms. The van der Waals surface area contributed by atoms with E-state index in [9.17, 15) is 19.2 Å². The van der Waals surface area contributed by atoms with Gasteiger partial charge in [-0.3, -0.25) is 20.2 Å². The van der Waals surface area contributed by atoms with Gasteiger partial charge < -0.3 is 14.6 Å². The predicted molar refractivity (Wildman–Crippen MR) is 113 cm³/mol. The maximum Gasteiger partial charge on any atom is 0.414 e. The van der Waals surface area contributed by atoms with Crippen LogP contribution in [0.4, 0.5) is 15.3 Å². The Morgan fingerprint density at radius 3 is 1.87 bits per heavy atom. The number of carboxylic acids is 1. The number of nitrogens with one attached hydrogen (secondary N) is 2. The Morgan fingerprint density at radius 2 is 1.42 bits per heavy atom. The summed E-state index contributed by atoms with van der Waals surface area (Å²) in [5, 5.41) is 13.4. The largest absolute Gasteiger partial charge is 0.481 e. The molecule has 0 aromatic heterocycles. The maximum absolute atomic E-state index is 12.2. The lowest BCUT2D eigenvalue weighted by atomic mass is 10.1. The molecule has 170 valence electrons. The van der Waals surface area contributed by atoms with Gasteiger partial charge in [0.25, 0.3) is 0 Å². The molecular formula is C21H29N3O7. The van der Waals surface area contributed by atoms with Crippen LogP contribution in [0.1, 0.15) is 64.7 Å². The highest BCUT2D eigenvalue weighted by Gasteiger charge is 2.21. The second-order valence-corrected chi connectivity index (χ2v) is 8.58. The van der Waals surface area contributed by atoms with Crippen LogP contribution in [0.25, 0.3) is 0 Å². The molecule has 0 spiro atoms. The zero-order valence-corrected chi connectivity index (χ0v) is 18.6. The van der Waals surface area contributed by atoms with Crippen molar-refractivity contribution in [1.29, 1.82) is 0 Å². The summed E-state index contributed by atoms with van der Waals surface area (Å²) in [6.07, 6.45) is -2.16. The number of alkyl carbamates (subject to hydrolysis) is 2. The highest BCUT2D eigenvalue weighted by Crippen LogP contribution is 2.16. The zero-order chi connectivity index (χ0) is 23.8. The first-order chi connectivity index (χ1) is 14.1. The van der Waals surface area contributed by atoms with Gasteiger partial charge in [0.15, 0.2) is 5.78 Å². The fourth-order valence-corrected chi connectivity index (χ4v) is 2.13. The third kappa shape index (κ3) is 11.4. The van der Waals surface area contributed by atoms with Crippen molar-refractivity contribution in [2.24, 2.45) is 4.99 Å². The molecule has 0 bridgehead atoms. The van der Waals surface area contributed by atoms with Gasteiger partial charge in [0.1, 0.15) is 11.2 Å². The molecule has 0 aliphatic rings. The number of carboxylic acid groups (broad SMARTS) is 1. The van der Waals surface area contributed by atoms with Crippen molar-refractivity contribution in [3.05, 3.63) is 29.8 Å². The van der Waals surface area contributed by atoms with E-state index in [0.717, 1.165) is 0 Å². The van der Waals surface area contributed by atoms with Gasteiger partial charge in [-0.25, -0.2) is 14.6 Å². The van der Waals surface area contributed by atoms with Crippen molar-refractivity contribution in [2.45, 2.75) is 65.6 Å². The number of hydrogen-bond acceptors (Lipinski definition) is 7. The van der Waals surface area contributed by atoms with Gasteiger partial charge in [-0.2, -0.15) is 0 Å². The standard InChI is InChI=1S/C21H29N3O7/c1-20(2,3)30-18(28)23-17(24-19(29)31-21(4,5)6)22-14-9-7-8-13(12-14)15(25)10-11-16(26)27/h7-9,12H,10-11H2,1-6H3,(H,26,27)(H2,22,23,24,28,29). The van der Waals surface area contributed by atoms with Gasteiger partial charge in [0.05, 0.1) is 12.1 Å². The molecule has 0 unspecified atom stereocenters. The first-order valence-corrected chi connectivity index (χ1v) is 9.58. The minimum absolute atomic E-state index is 0.165. The van der Waals surface area contributed by atoms with Gasteiger partial charge in [-0.05, 0) is 53.7 Å². The number of Topliss-reactive ketones (excluding diaryl/α,β-unsaturated/α-hetero) is 1. The van der Waals surface area contributed by atoms with E-state index in [4.69, 9.17) is 14.6 Å². The number of guanidine groups is 1. The molecule has 10 heteroatoms. The average Bonchev–Trinajstić information content (AvgIpc) is 2.56. The van der Waals surface area contributed by atoms with Gasteiger partial charge in [-0.1, -0.05) is 12.1 Å². The van der Waals surface area contributed by atoms with E-state index < -0.39 is 29.4 Å². The molecule has 10 nitrogen and oxygen atoms in total. The number of carbonyl (C=O) groups excluding carboxylic acids is 3. The fourth-order valence-electron chi connectivity index (χ4n) is 2.13. The summed E-state index contributed by atoms with van der Waals surface area (Å²) in [6, 6.07) is 6.02. The van der Waals surface area contributed by atoms with E-state index in [2.05, 4.69) is 15.6 Å². The smallest absolute Gasteiger partial charge is 0.414 e. The van der Waals surface area contributed by atoms with E-state index in [-0.39, 0.29) is 35.8 Å². The van der Waals surface area contributed by atoms with Crippen molar-refractivity contribution in [1.82, 2.24) is 10.6 Å². The molecule has 3 N–H and O–H groups in total. The Kier molecular flexibility index (Phi) is 8.72. The summed E-state index contributed by atoms with van der Waals surface area (Å²) in [5.74, 6) is -1.72. The van der Waals surface area contributed by atoms with Crippen LogP contribution in [-0.2, 0) is 14.3 Å².